The number of hydrogen-bond acceptors (Lipinski definition) is 5. The second kappa shape index (κ2) is 5.30. The highest BCUT2D eigenvalue weighted by Gasteiger charge is 2.12. The summed E-state index contributed by atoms with van der Waals surface area (Å²) in [6, 6.07) is 6.30. The van der Waals surface area contributed by atoms with Crippen LogP contribution in [-0.4, -0.2) is 35.2 Å². The number of rotatable bonds is 3. The van der Waals surface area contributed by atoms with E-state index in [1.165, 1.54) is 0 Å². The Labute approximate surface area is 139 Å². The van der Waals surface area contributed by atoms with E-state index >= 15 is 0 Å². The molecular weight excluding hydrogens is 302 g/mol. The van der Waals surface area contributed by atoms with E-state index in [1.54, 1.807) is 0 Å². The lowest BCUT2D eigenvalue weighted by Crippen LogP contribution is -2.13. The fourth-order valence-electron chi connectivity index (χ4n) is 2.77. The second-order valence-electron chi connectivity index (χ2n) is 6.20. The molecule has 0 aliphatic carbocycles. The van der Waals surface area contributed by atoms with Crippen molar-refractivity contribution < 1.29 is 0 Å². The zero-order valence-corrected chi connectivity index (χ0v) is 14.1. The zero-order chi connectivity index (χ0) is 16.8. The van der Waals surface area contributed by atoms with Crippen molar-refractivity contribution in [3.63, 3.8) is 0 Å². The summed E-state index contributed by atoms with van der Waals surface area (Å²) in [5.41, 5.74) is 4.60. The number of hydrogen-bond donors (Lipinski definition) is 1. The van der Waals surface area contributed by atoms with E-state index in [-0.39, 0.29) is 6.04 Å². The fourth-order valence-corrected chi connectivity index (χ4v) is 2.77. The molecule has 0 aromatic carbocycles. The van der Waals surface area contributed by atoms with Crippen LogP contribution in [0.4, 0.5) is 5.95 Å². The maximum Gasteiger partial charge on any atom is 0.241 e. The minimum absolute atomic E-state index is 0.287. The van der Waals surface area contributed by atoms with Crippen molar-refractivity contribution in [2.75, 3.05) is 5.32 Å². The lowest BCUT2D eigenvalue weighted by atomic mass is 10.2. The Kier molecular flexibility index (Phi) is 3.23. The highest BCUT2D eigenvalue weighted by atomic mass is 15.3. The third-order valence-electron chi connectivity index (χ3n) is 4.05. The molecule has 7 nitrogen and oxygen atoms in total. The molecule has 4 rings (SSSR count). The van der Waals surface area contributed by atoms with E-state index < -0.39 is 0 Å². The Hall–Kier alpha value is -2.96. The lowest BCUT2D eigenvalue weighted by Gasteiger charge is -2.08. The first-order valence-electron chi connectivity index (χ1n) is 7.94. The van der Waals surface area contributed by atoms with E-state index in [0.29, 0.717) is 5.95 Å². The largest absolute Gasteiger partial charge is 0.351 e. The van der Waals surface area contributed by atoms with E-state index in [2.05, 4.69) is 34.2 Å². The van der Waals surface area contributed by atoms with Crippen LogP contribution in [0, 0.1) is 6.92 Å². The molecule has 0 atom stereocenters. The smallest absolute Gasteiger partial charge is 0.241 e. The number of imidazole rings is 1. The molecular formula is C17H19N7. The van der Waals surface area contributed by atoms with Gasteiger partial charge < -0.3 is 9.88 Å². The summed E-state index contributed by atoms with van der Waals surface area (Å²) in [6.45, 7) is 6.10. The fraction of sp³-hybridized carbons (Fsp3) is 0.294. The average Bonchev–Trinajstić information content (AvgIpc) is 3.08. The first kappa shape index (κ1) is 14.6. The molecule has 0 saturated carbocycles. The molecule has 4 heterocycles. The summed E-state index contributed by atoms with van der Waals surface area (Å²) in [4.78, 5) is 13.7. The molecule has 0 unspecified atom stereocenters. The van der Waals surface area contributed by atoms with Crippen molar-refractivity contribution in [3.05, 3.63) is 36.4 Å². The van der Waals surface area contributed by atoms with Crippen LogP contribution >= 0.6 is 0 Å². The predicted molar refractivity (Wildman–Crippen MR) is 94.0 cm³/mol. The number of aromatic nitrogens is 6. The highest BCUT2D eigenvalue weighted by Crippen LogP contribution is 2.25. The van der Waals surface area contributed by atoms with Gasteiger partial charge in [0.2, 0.25) is 5.95 Å². The maximum absolute atomic E-state index is 4.77. The van der Waals surface area contributed by atoms with E-state index in [0.717, 1.165) is 33.8 Å². The predicted octanol–water partition coefficient (Wildman–Crippen LogP) is 2.81. The number of pyridine rings is 1. The molecule has 122 valence electrons. The molecule has 7 heteroatoms. The molecule has 0 bridgehead atoms. The molecule has 1 N–H and O–H groups in total. The molecule has 0 aliphatic heterocycles. The quantitative estimate of drug-likeness (QED) is 0.628. The van der Waals surface area contributed by atoms with Crippen LogP contribution < -0.4 is 5.32 Å². The third kappa shape index (κ3) is 2.29. The molecule has 4 aromatic heterocycles. The van der Waals surface area contributed by atoms with Crippen LogP contribution in [0.15, 0.2) is 30.6 Å². The SMILES string of the molecule is Cc1nc2ccc(-c3ccn4nc(NC(C)C)ncc34)nc2n1C. The minimum atomic E-state index is 0.287. The van der Waals surface area contributed by atoms with Crippen LogP contribution in [0.2, 0.25) is 0 Å². The van der Waals surface area contributed by atoms with E-state index in [4.69, 9.17) is 4.98 Å². The summed E-state index contributed by atoms with van der Waals surface area (Å²) in [5, 5.41) is 7.70. The summed E-state index contributed by atoms with van der Waals surface area (Å²) >= 11 is 0. The van der Waals surface area contributed by atoms with Gasteiger partial charge in [-0.1, -0.05) is 0 Å². The van der Waals surface area contributed by atoms with E-state index in [9.17, 15) is 0 Å². The first-order valence-corrected chi connectivity index (χ1v) is 7.94. The first-order chi connectivity index (χ1) is 11.5. The lowest BCUT2D eigenvalue weighted by molar-refractivity contribution is 0.834. The molecule has 0 saturated heterocycles. The van der Waals surface area contributed by atoms with Gasteiger partial charge >= 0.3 is 0 Å². The third-order valence-corrected chi connectivity index (χ3v) is 4.05. The standard InChI is InChI=1S/C17H19N7/c1-10(2)19-17-18-9-15-12(7-8-24(15)22-17)13-5-6-14-16(21-13)23(4)11(3)20-14/h5-10H,1-4H3,(H,19,22). The summed E-state index contributed by atoms with van der Waals surface area (Å²) in [7, 11) is 1.98. The van der Waals surface area contributed by atoms with Gasteiger partial charge in [0.25, 0.3) is 0 Å². The van der Waals surface area contributed by atoms with Gasteiger partial charge in [-0.25, -0.2) is 19.5 Å². The van der Waals surface area contributed by atoms with Crippen LogP contribution in [0.25, 0.3) is 27.9 Å². The molecule has 0 radical (unpaired) electrons. The van der Waals surface area contributed by atoms with Crippen molar-refractivity contribution in [1.29, 1.82) is 0 Å². The Morgan fingerprint density at radius 3 is 2.75 bits per heavy atom. The number of nitrogens with one attached hydrogen (secondary N) is 1. The van der Waals surface area contributed by atoms with Crippen molar-refractivity contribution in [3.8, 4) is 11.3 Å². The summed E-state index contributed by atoms with van der Waals surface area (Å²) in [5.74, 6) is 1.56. The molecule has 4 aromatic rings. The van der Waals surface area contributed by atoms with Gasteiger partial charge in [-0.2, -0.15) is 0 Å². The Balaban J connectivity index is 1.82. The van der Waals surface area contributed by atoms with Gasteiger partial charge in [0.05, 0.1) is 17.4 Å². The number of fused-ring (bicyclic) bond motifs is 2. The van der Waals surface area contributed by atoms with Crippen LogP contribution in [0.1, 0.15) is 19.7 Å². The molecule has 0 spiro atoms. The van der Waals surface area contributed by atoms with Crippen LogP contribution in [0.3, 0.4) is 0 Å². The van der Waals surface area contributed by atoms with E-state index in [1.807, 2.05) is 53.6 Å². The minimum Gasteiger partial charge on any atom is -0.351 e. The Morgan fingerprint density at radius 2 is 1.96 bits per heavy atom. The molecule has 24 heavy (non-hydrogen) atoms. The highest BCUT2D eigenvalue weighted by molar-refractivity contribution is 5.82. The monoisotopic (exact) mass is 321 g/mol. The topological polar surface area (TPSA) is 72.9 Å². The van der Waals surface area contributed by atoms with Gasteiger partial charge in [-0.05, 0) is 39.0 Å². The van der Waals surface area contributed by atoms with Crippen molar-refractivity contribution in [2.24, 2.45) is 7.05 Å². The summed E-state index contributed by atoms with van der Waals surface area (Å²) < 4.78 is 3.83. The van der Waals surface area contributed by atoms with Gasteiger partial charge in [0.1, 0.15) is 11.3 Å². The Morgan fingerprint density at radius 1 is 1.12 bits per heavy atom. The van der Waals surface area contributed by atoms with Crippen molar-refractivity contribution >= 4 is 22.6 Å². The number of aryl methyl sites for hydroxylation is 2. The number of nitrogens with zero attached hydrogens (tertiary/aromatic N) is 6. The molecule has 0 aliphatic rings. The number of anilines is 1. The van der Waals surface area contributed by atoms with Gasteiger partial charge in [0.15, 0.2) is 5.65 Å². The summed E-state index contributed by atoms with van der Waals surface area (Å²) in [6.07, 6.45) is 3.76. The Bertz CT molecular complexity index is 1040. The average molecular weight is 321 g/mol. The van der Waals surface area contributed by atoms with Crippen LogP contribution in [-0.2, 0) is 7.05 Å². The maximum atomic E-state index is 4.77. The second-order valence-corrected chi connectivity index (χ2v) is 6.20. The van der Waals surface area contributed by atoms with Gasteiger partial charge in [-0.15, -0.1) is 5.10 Å². The molecule has 0 amide bonds. The van der Waals surface area contributed by atoms with Gasteiger partial charge in [0, 0.05) is 24.8 Å². The van der Waals surface area contributed by atoms with Crippen LogP contribution in [0.5, 0.6) is 0 Å². The van der Waals surface area contributed by atoms with Crippen molar-refractivity contribution in [1.82, 2.24) is 29.1 Å². The normalized spacial score (nSPS) is 11.7. The zero-order valence-electron chi connectivity index (χ0n) is 14.1. The van der Waals surface area contributed by atoms with Gasteiger partial charge in [-0.3, -0.25) is 0 Å². The molecule has 0 fully saturated rings. The van der Waals surface area contributed by atoms with Crippen molar-refractivity contribution in [2.45, 2.75) is 26.8 Å².